The maximum Gasteiger partial charge on any atom is 0.333 e. The van der Waals surface area contributed by atoms with Gasteiger partial charge < -0.3 is 10.4 Å². The minimum atomic E-state index is -2.67. The molecule has 128 valence electrons. The number of pyridine rings is 1. The molecule has 5 nitrogen and oxygen atoms in total. The first kappa shape index (κ1) is 15.8. The van der Waals surface area contributed by atoms with Crippen LogP contribution in [0.15, 0.2) is 24.5 Å². The Morgan fingerprint density at radius 1 is 1.33 bits per heavy atom. The van der Waals surface area contributed by atoms with Gasteiger partial charge in [0.25, 0.3) is 0 Å². The zero-order chi connectivity index (χ0) is 16.9. The van der Waals surface area contributed by atoms with E-state index in [1.165, 1.54) is 12.3 Å². The summed E-state index contributed by atoms with van der Waals surface area (Å²) in [5, 5.41) is 17.1. The third-order valence-corrected chi connectivity index (χ3v) is 5.22. The molecule has 0 saturated heterocycles. The molecule has 2 aliphatic carbocycles. The Morgan fingerprint density at radius 3 is 2.71 bits per heavy atom. The van der Waals surface area contributed by atoms with E-state index in [1.54, 1.807) is 12.3 Å². The molecule has 0 amide bonds. The molecule has 0 radical (unpaired) electrons. The summed E-state index contributed by atoms with van der Waals surface area (Å²) in [4.78, 5) is 4.04. The lowest BCUT2D eigenvalue weighted by molar-refractivity contribution is -0.0867. The number of halogens is 3. The molecule has 24 heavy (non-hydrogen) atoms. The number of aliphatic hydroxyl groups excluding tert-OH is 1. The van der Waals surface area contributed by atoms with Crippen LogP contribution in [0.1, 0.15) is 32.2 Å². The Morgan fingerprint density at radius 2 is 2.08 bits per heavy atom. The van der Waals surface area contributed by atoms with E-state index in [2.05, 4.69) is 15.4 Å². The Balaban J connectivity index is 1.53. The third kappa shape index (κ3) is 2.75. The molecular weight excluding hydrogens is 338 g/mol. The summed E-state index contributed by atoms with van der Waals surface area (Å²) >= 11 is 5.99. The molecule has 8 heteroatoms. The maximum atomic E-state index is 12.7. The Kier molecular flexibility index (Phi) is 3.73. The van der Waals surface area contributed by atoms with Gasteiger partial charge in [0.2, 0.25) is 0 Å². The molecule has 0 aromatic carbocycles. The number of aromatic nitrogens is 3. The molecule has 0 unspecified atom stereocenters. The second-order valence-corrected chi connectivity index (χ2v) is 7.21. The van der Waals surface area contributed by atoms with Crippen molar-refractivity contribution >= 4 is 17.3 Å². The zero-order valence-electron chi connectivity index (χ0n) is 12.8. The number of rotatable bonds is 4. The zero-order valence-corrected chi connectivity index (χ0v) is 13.5. The van der Waals surface area contributed by atoms with Crippen LogP contribution in [0.25, 0.3) is 11.3 Å². The summed E-state index contributed by atoms with van der Waals surface area (Å²) in [5.74, 6) is 0. The fourth-order valence-electron chi connectivity index (χ4n) is 3.92. The predicted octanol–water partition coefficient (Wildman–Crippen LogP) is 3.71. The van der Waals surface area contributed by atoms with E-state index in [-0.39, 0.29) is 17.6 Å². The smallest absolute Gasteiger partial charge is 0.333 e. The fourth-order valence-corrected chi connectivity index (χ4v) is 4.08. The highest BCUT2D eigenvalue weighted by molar-refractivity contribution is 6.29. The molecule has 2 fully saturated rings. The average Bonchev–Trinajstić information content (AvgIpc) is 2.93. The summed E-state index contributed by atoms with van der Waals surface area (Å²) in [6.07, 6.45) is 6.36. The van der Waals surface area contributed by atoms with Gasteiger partial charge in [-0.1, -0.05) is 11.6 Å². The van der Waals surface area contributed by atoms with Gasteiger partial charge in [-0.15, -0.1) is 0 Å². The highest BCUT2D eigenvalue weighted by Crippen LogP contribution is 2.56. The van der Waals surface area contributed by atoms with Gasteiger partial charge in [0.15, 0.2) is 0 Å². The fraction of sp³-hybridized carbons (Fsp3) is 0.500. The molecule has 0 bridgehead atoms. The van der Waals surface area contributed by atoms with Crippen LogP contribution >= 0.6 is 11.6 Å². The first-order valence-electron chi connectivity index (χ1n) is 7.88. The monoisotopic (exact) mass is 354 g/mol. The van der Waals surface area contributed by atoms with Crippen LogP contribution < -0.4 is 5.32 Å². The van der Waals surface area contributed by atoms with Gasteiger partial charge in [-0.3, -0.25) is 0 Å². The SMILES string of the molecule is OC1CC2(C1)CC(Nc1cc(Cl)ncc1-c1ccn(C(F)F)n1)C2. The molecule has 2 aromatic heterocycles. The van der Waals surface area contributed by atoms with Crippen molar-refractivity contribution < 1.29 is 13.9 Å². The molecule has 4 rings (SSSR count). The highest BCUT2D eigenvalue weighted by atomic mass is 35.5. The minimum Gasteiger partial charge on any atom is -0.393 e. The van der Waals surface area contributed by atoms with Crippen molar-refractivity contribution in [2.45, 2.75) is 44.4 Å². The second-order valence-electron chi connectivity index (χ2n) is 6.82. The first-order chi connectivity index (χ1) is 11.4. The van der Waals surface area contributed by atoms with Gasteiger partial charge in [0.1, 0.15) is 5.15 Å². The minimum absolute atomic E-state index is 0.157. The number of nitrogens with one attached hydrogen (secondary N) is 1. The third-order valence-electron chi connectivity index (χ3n) is 5.01. The summed E-state index contributed by atoms with van der Waals surface area (Å²) < 4.78 is 26.1. The van der Waals surface area contributed by atoms with E-state index in [1.807, 2.05) is 0 Å². The van der Waals surface area contributed by atoms with Gasteiger partial charge in [-0.05, 0) is 43.2 Å². The van der Waals surface area contributed by atoms with Crippen molar-refractivity contribution in [2.75, 3.05) is 5.32 Å². The molecule has 2 aromatic rings. The largest absolute Gasteiger partial charge is 0.393 e. The van der Waals surface area contributed by atoms with Crippen LogP contribution in [-0.2, 0) is 0 Å². The van der Waals surface area contributed by atoms with Crippen molar-refractivity contribution in [3.8, 4) is 11.3 Å². The Labute approximate surface area is 142 Å². The lowest BCUT2D eigenvalue weighted by Gasteiger charge is -2.56. The van der Waals surface area contributed by atoms with E-state index in [4.69, 9.17) is 11.6 Å². The summed E-state index contributed by atoms with van der Waals surface area (Å²) in [6, 6.07) is 3.51. The molecule has 0 aliphatic heterocycles. The average molecular weight is 355 g/mol. The van der Waals surface area contributed by atoms with E-state index in [0.717, 1.165) is 31.4 Å². The second kappa shape index (κ2) is 5.67. The van der Waals surface area contributed by atoms with Crippen LogP contribution in [0.5, 0.6) is 0 Å². The van der Waals surface area contributed by atoms with Gasteiger partial charge in [-0.2, -0.15) is 13.9 Å². The molecule has 2 aliphatic rings. The number of nitrogens with zero attached hydrogens (tertiary/aromatic N) is 3. The van der Waals surface area contributed by atoms with Crippen molar-refractivity contribution in [3.63, 3.8) is 0 Å². The van der Waals surface area contributed by atoms with Crippen LogP contribution in [0.2, 0.25) is 5.15 Å². The molecule has 1 spiro atoms. The highest BCUT2D eigenvalue weighted by Gasteiger charge is 2.52. The summed E-state index contributed by atoms with van der Waals surface area (Å²) in [6.45, 7) is -2.67. The molecule has 0 atom stereocenters. The first-order valence-corrected chi connectivity index (χ1v) is 8.26. The van der Waals surface area contributed by atoms with Crippen LogP contribution in [0.4, 0.5) is 14.5 Å². The van der Waals surface area contributed by atoms with Crippen LogP contribution in [-0.4, -0.2) is 32.0 Å². The van der Waals surface area contributed by atoms with E-state index < -0.39 is 6.55 Å². The van der Waals surface area contributed by atoms with Crippen molar-refractivity contribution in [2.24, 2.45) is 5.41 Å². The quantitative estimate of drug-likeness (QED) is 0.822. The summed E-state index contributed by atoms with van der Waals surface area (Å²) in [5.41, 5.74) is 2.10. The topological polar surface area (TPSA) is 63.0 Å². The standard InChI is InChI=1S/C16H17ClF2N4O/c17-14-3-13(21-9-4-16(5-9)6-10(24)7-16)11(8-20-14)12-1-2-23(22-12)15(18)19/h1-3,8-10,15,24H,4-7H2,(H,20,21). The summed E-state index contributed by atoms with van der Waals surface area (Å²) in [7, 11) is 0. The molecule has 2 saturated carbocycles. The van der Waals surface area contributed by atoms with Gasteiger partial charge >= 0.3 is 6.55 Å². The van der Waals surface area contributed by atoms with E-state index in [9.17, 15) is 13.9 Å². The van der Waals surface area contributed by atoms with Crippen molar-refractivity contribution in [1.82, 2.24) is 14.8 Å². The number of aliphatic hydroxyl groups is 1. The number of hydrogen-bond acceptors (Lipinski definition) is 4. The van der Waals surface area contributed by atoms with Crippen molar-refractivity contribution in [1.29, 1.82) is 0 Å². The molecular formula is C16H17ClF2N4O. The van der Waals surface area contributed by atoms with Gasteiger partial charge in [0.05, 0.1) is 11.8 Å². The van der Waals surface area contributed by atoms with Gasteiger partial charge in [0, 0.05) is 29.7 Å². The number of anilines is 1. The maximum absolute atomic E-state index is 12.7. The number of alkyl halides is 2. The van der Waals surface area contributed by atoms with E-state index >= 15 is 0 Å². The van der Waals surface area contributed by atoms with Crippen LogP contribution in [0.3, 0.4) is 0 Å². The lowest BCUT2D eigenvalue weighted by atomic mass is 9.53. The normalized spacial score (nSPS) is 28.7. The van der Waals surface area contributed by atoms with Crippen molar-refractivity contribution in [3.05, 3.63) is 29.7 Å². The lowest BCUT2D eigenvalue weighted by Crippen LogP contribution is -2.54. The number of hydrogen-bond donors (Lipinski definition) is 2. The van der Waals surface area contributed by atoms with Gasteiger partial charge in [-0.25, -0.2) is 9.67 Å². The molecule has 2 heterocycles. The Hall–Kier alpha value is -1.73. The Bertz CT molecular complexity index is 752. The predicted molar refractivity (Wildman–Crippen MR) is 86.0 cm³/mol. The molecule has 2 N–H and O–H groups in total. The van der Waals surface area contributed by atoms with E-state index in [0.29, 0.717) is 21.1 Å². The van der Waals surface area contributed by atoms with Crippen LogP contribution in [0, 0.1) is 5.41 Å².